The highest BCUT2D eigenvalue weighted by Crippen LogP contribution is 2.55. The van der Waals surface area contributed by atoms with Gasteiger partial charge in [0.05, 0.1) is 35.4 Å². The molecule has 0 unspecified atom stereocenters. The minimum Gasteiger partial charge on any atom is -0.377 e. The number of morpholine rings is 1. The standard InChI is InChI=1S/C26H28FN7O4S/c1-16-15-38-11-10-34(16)22-12-21(26(8-9-26)39(36,37)20-6-2-18(27)3-7-20)31-23(32-22)17-13-28-24(29-14-17)33-25(35)30-19-4-5-19/h2-3,6-7,12-14,16,19H,4-5,8-11,15H2,1H3,(H2,28,29,30,33,35)/t16-/m0/s1. The van der Waals surface area contributed by atoms with E-state index in [1.165, 1.54) is 24.5 Å². The summed E-state index contributed by atoms with van der Waals surface area (Å²) in [5, 5.41) is 5.42. The number of rotatable bonds is 7. The Hall–Kier alpha value is -3.71. The number of amides is 2. The summed E-state index contributed by atoms with van der Waals surface area (Å²) in [6.07, 6.45) is 5.69. The van der Waals surface area contributed by atoms with Crippen molar-refractivity contribution in [3.8, 4) is 11.4 Å². The Morgan fingerprint density at radius 2 is 1.85 bits per heavy atom. The van der Waals surface area contributed by atoms with Crippen molar-refractivity contribution in [2.45, 2.75) is 54.3 Å². The molecule has 2 N–H and O–H groups in total. The van der Waals surface area contributed by atoms with Gasteiger partial charge in [-0.25, -0.2) is 37.5 Å². The van der Waals surface area contributed by atoms with E-state index in [2.05, 4.69) is 25.5 Å². The van der Waals surface area contributed by atoms with Crippen molar-refractivity contribution in [1.29, 1.82) is 0 Å². The number of urea groups is 1. The SMILES string of the molecule is C[C@H]1COCCN1c1cc(C2(S(=O)(=O)c3ccc(F)cc3)CC2)nc(-c2cnc(NC(=O)NC3CC3)nc2)n1. The van der Waals surface area contributed by atoms with E-state index in [9.17, 15) is 17.6 Å². The van der Waals surface area contributed by atoms with Crippen LogP contribution in [0.2, 0.25) is 0 Å². The number of nitrogens with zero attached hydrogens (tertiary/aromatic N) is 5. The molecule has 6 rings (SSSR count). The Morgan fingerprint density at radius 1 is 1.13 bits per heavy atom. The molecule has 39 heavy (non-hydrogen) atoms. The summed E-state index contributed by atoms with van der Waals surface area (Å²) < 4.78 is 45.4. The van der Waals surface area contributed by atoms with Crippen LogP contribution in [0, 0.1) is 5.82 Å². The van der Waals surface area contributed by atoms with E-state index in [-0.39, 0.29) is 34.8 Å². The van der Waals surface area contributed by atoms with Crippen molar-refractivity contribution in [3.63, 3.8) is 0 Å². The summed E-state index contributed by atoms with van der Waals surface area (Å²) in [6, 6.07) is 6.45. The van der Waals surface area contributed by atoms with Crippen LogP contribution in [-0.2, 0) is 19.3 Å². The third-order valence-electron chi connectivity index (χ3n) is 7.23. The lowest BCUT2D eigenvalue weighted by Crippen LogP contribution is -2.44. The van der Waals surface area contributed by atoms with Gasteiger partial charge in [0, 0.05) is 31.0 Å². The number of halogens is 1. The first-order chi connectivity index (χ1) is 18.7. The van der Waals surface area contributed by atoms with Gasteiger partial charge in [-0.15, -0.1) is 0 Å². The Kier molecular flexibility index (Phi) is 6.42. The second-order valence-corrected chi connectivity index (χ2v) is 12.4. The van der Waals surface area contributed by atoms with Crippen molar-refractivity contribution in [3.05, 3.63) is 54.2 Å². The van der Waals surface area contributed by atoms with Crippen LogP contribution in [0.15, 0.2) is 47.6 Å². The zero-order valence-corrected chi connectivity index (χ0v) is 22.1. The number of hydrogen-bond donors (Lipinski definition) is 2. The van der Waals surface area contributed by atoms with Crippen molar-refractivity contribution < 1.29 is 22.3 Å². The second kappa shape index (κ2) is 9.79. The number of aromatic nitrogens is 4. The average Bonchev–Trinajstić information content (AvgIpc) is 3.85. The van der Waals surface area contributed by atoms with E-state index < -0.39 is 20.4 Å². The van der Waals surface area contributed by atoms with Gasteiger partial charge in [0.1, 0.15) is 16.4 Å². The molecule has 3 heterocycles. The molecule has 13 heteroatoms. The van der Waals surface area contributed by atoms with Gasteiger partial charge in [0.15, 0.2) is 15.7 Å². The maximum atomic E-state index is 13.8. The number of carbonyl (C=O) groups is 1. The van der Waals surface area contributed by atoms with Crippen molar-refractivity contribution >= 4 is 27.6 Å². The zero-order chi connectivity index (χ0) is 27.2. The number of carbonyl (C=O) groups excluding carboxylic acids is 1. The molecule has 0 bridgehead atoms. The fourth-order valence-electron chi connectivity index (χ4n) is 4.69. The third kappa shape index (κ3) is 5.03. The zero-order valence-electron chi connectivity index (χ0n) is 21.3. The third-order valence-corrected chi connectivity index (χ3v) is 9.77. The lowest BCUT2D eigenvalue weighted by Gasteiger charge is -2.34. The van der Waals surface area contributed by atoms with E-state index in [1.807, 2.05) is 6.92 Å². The molecule has 11 nitrogen and oxygen atoms in total. The molecule has 0 radical (unpaired) electrons. The number of benzene rings is 1. The fraction of sp³-hybridized carbons (Fsp3) is 0.423. The molecule has 1 aromatic carbocycles. The largest absolute Gasteiger partial charge is 0.377 e. The molecule has 3 aliphatic rings. The average molecular weight is 554 g/mol. The van der Waals surface area contributed by atoms with Gasteiger partial charge in [-0.3, -0.25) is 5.32 Å². The number of hydrogen-bond acceptors (Lipinski definition) is 9. The summed E-state index contributed by atoms with van der Waals surface area (Å²) in [5.74, 6) is 0.482. The number of ether oxygens (including phenoxy) is 1. The number of nitrogens with one attached hydrogen (secondary N) is 2. The van der Waals surface area contributed by atoms with Crippen molar-refractivity contribution in [2.24, 2.45) is 0 Å². The smallest absolute Gasteiger partial charge is 0.321 e. The van der Waals surface area contributed by atoms with Crippen LogP contribution >= 0.6 is 0 Å². The summed E-state index contributed by atoms with van der Waals surface area (Å²) in [7, 11) is -3.87. The Morgan fingerprint density at radius 3 is 2.49 bits per heavy atom. The molecular formula is C26H28FN7O4S. The van der Waals surface area contributed by atoms with Crippen LogP contribution in [-0.4, -0.2) is 66.2 Å². The van der Waals surface area contributed by atoms with Crippen LogP contribution in [0.4, 0.5) is 21.0 Å². The predicted molar refractivity (Wildman–Crippen MR) is 140 cm³/mol. The monoisotopic (exact) mass is 553 g/mol. The lowest BCUT2D eigenvalue weighted by molar-refractivity contribution is 0.0985. The first-order valence-corrected chi connectivity index (χ1v) is 14.4. The van der Waals surface area contributed by atoms with Crippen LogP contribution < -0.4 is 15.5 Å². The van der Waals surface area contributed by atoms with Crippen LogP contribution in [0.3, 0.4) is 0 Å². The minimum atomic E-state index is -3.87. The molecule has 2 aliphatic carbocycles. The van der Waals surface area contributed by atoms with E-state index in [1.54, 1.807) is 6.07 Å². The maximum Gasteiger partial charge on any atom is 0.321 e. The highest BCUT2D eigenvalue weighted by Gasteiger charge is 2.58. The molecule has 1 atom stereocenters. The molecule has 1 aliphatic heterocycles. The first kappa shape index (κ1) is 25.6. The molecule has 3 fully saturated rings. The molecule has 3 aromatic rings. The molecule has 204 valence electrons. The highest BCUT2D eigenvalue weighted by atomic mass is 32.2. The van der Waals surface area contributed by atoms with Gasteiger partial charge in [-0.1, -0.05) is 0 Å². The summed E-state index contributed by atoms with van der Waals surface area (Å²) in [4.78, 5) is 32.1. The first-order valence-electron chi connectivity index (χ1n) is 12.9. The molecular weight excluding hydrogens is 525 g/mol. The van der Waals surface area contributed by atoms with E-state index in [0.717, 1.165) is 25.0 Å². The lowest BCUT2D eigenvalue weighted by atomic mass is 10.2. The highest BCUT2D eigenvalue weighted by molar-refractivity contribution is 7.92. The van der Waals surface area contributed by atoms with E-state index in [0.29, 0.717) is 49.7 Å². The quantitative estimate of drug-likeness (QED) is 0.423. The predicted octanol–water partition coefficient (Wildman–Crippen LogP) is 3.04. The van der Waals surface area contributed by atoms with E-state index >= 15 is 0 Å². The van der Waals surface area contributed by atoms with Crippen LogP contribution in [0.1, 0.15) is 38.3 Å². The molecule has 2 amide bonds. The topological polar surface area (TPSA) is 139 Å². The Bertz CT molecular complexity index is 1490. The molecule has 2 saturated carbocycles. The van der Waals surface area contributed by atoms with Gasteiger partial charge in [0.25, 0.3) is 0 Å². The fourth-order valence-corrected chi connectivity index (χ4v) is 6.65. The molecule has 2 aromatic heterocycles. The molecule has 0 spiro atoms. The Balaban J connectivity index is 1.37. The summed E-state index contributed by atoms with van der Waals surface area (Å²) >= 11 is 0. The number of anilines is 2. The van der Waals surface area contributed by atoms with Gasteiger partial charge < -0.3 is 15.0 Å². The minimum absolute atomic E-state index is 0.0195. The van der Waals surface area contributed by atoms with Crippen LogP contribution in [0.25, 0.3) is 11.4 Å². The second-order valence-electron chi connectivity index (χ2n) is 10.2. The van der Waals surface area contributed by atoms with Crippen molar-refractivity contribution in [1.82, 2.24) is 25.3 Å². The van der Waals surface area contributed by atoms with Gasteiger partial charge >= 0.3 is 6.03 Å². The normalized spacial score (nSPS) is 20.4. The van der Waals surface area contributed by atoms with Crippen molar-refractivity contribution in [2.75, 3.05) is 30.0 Å². The summed E-state index contributed by atoms with van der Waals surface area (Å²) in [6.45, 7) is 3.63. The molecule has 1 saturated heterocycles. The van der Waals surface area contributed by atoms with E-state index in [4.69, 9.17) is 14.7 Å². The van der Waals surface area contributed by atoms with Gasteiger partial charge in [-0.2, -0.15) is 0 Å². The van der Waals surface area contributed by atoms with Crippen LogP contribution in [0.5, 0.6) is 0 Å². The maximum absolute atomic E-state index is 13.8. The Labute approximate surface area is 225 Å². The number of sulfone groups is 1. The summed E-state index contributed by atoms with van der Waals surface area (Å²) in [5.41, 5.74) is 0.846. The van der Waals surface area contributed by atoms with Gasteiger partial charge in [0.2, 0.25) is 5.95 Å². The van der Waals surface area contributed by atoms with Gasteiger partial charge in [-0.05, 0) is 56.9 Å².